The molecule has 0 aliphatic carbocycles. The lowest BCUT2D eigenvalue weighted by molar-refractivity contribution is 0.00578. The molecular formula is C11H15BBrNO3. The first kappa shape index (κ1) is 12.9. The number of nitrogens with one attached hydrogen (secondary N) is 1. The molecule has 1 N–H and O–H groups in total. The third-order valence-corrected chi connectivity index (χ3v) is 3.79. The topological polar surface area (TPSA) is 51.3 Å². The maximum absolute atomic E-state index is 11.4. The highest BCUT2D eigenvalue weighted by atomic mass is 79.9. The summed E-state index contributed by atoms with van der Waals surface area (Å²) in [7, 11) is -0.537. The fraction of sp³-hybridized carbons (Fsp3) is 0.545. The van der Waals surface area contributed by atoms with Crippen LogP contribution in [-0.2, 0) is 9.31 Å². The zero-order valence-electron chi connectivity index (χ0n) is 10.3. The lowest BCUT2D eigenvalue weighted by atomic mass is 9.84. The van der Waals surface area contributed by atoms with Crippen molar-refractivity contribution < 1.29 is 9.31 Å². The predicted octanol–water partition coefficient (Wildman–Crippen LogP) is 1.44. The third-order valence-electron chi connectivity index (χ3n) is 3.34. The van der Waals surface area contributed by atoms with Crippen molar-refractivity contribution in [3.8, 4) is 0 Å². The highest BCUT2D eigenvalue weighted by molar-refractivity contribution is 9.10. The van der Waals surface area contributed by atoms with Crippen molar-refractivity contribution in [1.82, 2.24) is 4.98 Å². The third kappa shape index (κ3) is 2.34. The fourth-order valence-electron chi connectivity index (χ4n) is 1.63. The zero-order chi connectivity index (χ0) is 12.8. The van der Waals surface area contributed by atoms with Gasteiger partial charge in [0.2, 0.25) is 5.56 Å². The molecule has 0 bridgehead atoms. The highest BCUT2D eigenvalue weighted by Crippen LogP contribution is 2.36. The van der Waals surface area contributed by atoms with E-state index in [9.17, 15) is 4.79 Å². The van der Waals surface area contributed by atoms with Crippen LogP contribution in [0.15, 0.2) is 21.4 Å². The second-order valence-corrected chi connectivity index (χ2v) is 6.12. The van der Waals surface area contributed by atoms with E-state index in [2.05, 4.69) is 20.9 Å². The SMILES string of the molecule is CC1(C)OB(c2cc(Br)cc(=O)[nH]2)OC1(C)C. The van der Waals surface area contributed by atoms with Crippen molar-refractivity contribution in [2.24, 2.45) is 0 Å². The van der Waals surface area contributed by atoms with Gasteiger partial charge in [-0.05, 0) is 33.8 Å². The van der Waals surface area contributed by atoms with Crippen molar-refractivity contribution in [1.29, 1.82) is 0 Å². The van der Waals surface area contributed by atoms with E-state index in [1.54, 1.807) is 6.07 Å². The first-order valence-electron chi connectivity index (χ1n) is 5.47. The number of H-pyrrole nitrogens is 1. The Balaban J connectivity index is 2.35. The maximum atomic E-state index is 11.4. The molecule has 0 atom stereocenters. The number of aromatic nitrogens is 1. The quantitative estimate of drug-likeness (QED) is 0.798. The minimum absolute atomic E-state index is 0.177. The highest BCUT2D eigenvalue weighted by Gasteiger charge is 2.52. The monoisotopic (exact) mass is 299 g/mol. The van der Waals surface area contributed by atoms with Gasteiger partial charge in [0.25, 0.3) is 0 Å². The largest absolute Gasteiger partial charge is 0.512 e. The molecule has 2 rings (SSSR count). The van der Waals surface area contributed by atoms with Crippen LogP contribution >= 0.6 is 15.9 Å². The van der Waals surface area contributed by atoms with Crippen LogP contribution in [0.25, 0.3) is 0 Å². The minimum atomic E-state index is -0.537. The van der Waals surface area contributed by atoms with Crippen LogP contribution in [0.3, 0.4) is 0 Å². The van der Waals surface area contributed by atoms with Crippen molar-refractivity contribution in [3.63, 3.8) is 0 Å². The molecule has 1 aliphatic heterocycles. The van der Waals surface area contributed by atoms with E-state index in [4.69, 9.17) is 9.31 Å². The average molecular weight is 300 g/mol. The molecule has 1 aromatic heterocycles. The van der Waals surface area contributed by atoms with Gasteiger partial charge in [-0.3, -0.25) is 4.79 Å². The minimum Gasteiger partial charge on any atom is -0.398 e. The van der Waals surface area contributed by atoms with E-state index >= 15 is 0 Å². The normalized spacial score (nSPS) is 21.8. The Morgan fingerprint density at radius 3 is 2.18 bits per heavy atom. The van der Waals surface area contributed by atoms with Crippen molar-refractivity contribution in [2.75, 3.05) is 0 Å². The lowest BCUT2D eigenvalue weighted by Gasteiger charge is -2.32. The Morgan fingerprint density at radius 1 is 1.18 bits per heavy atom. The van der Waals surface area contributed by atoms with Crippen molar-refractivity contribution in [2.45, 2.75) is 38.9 Å². The second kappa shape index (κ2) is 3.97. The summed E-state index contributed by atoms with van der Waals surface area (Å²) in [6, 6.07) is 3.26. The molecule has 1 aliphatic rings. The van der Waals surface area contributed by atoms with E-state index in [1.165, 1.54) is 6.07 Å². The van der Waals surface area contributed by atoms with Gasteiger partial charge in [-0.25, -0.2) is 0 Å². The number of hydrogen-bond acceptors (Lipinski definition) is 3. The van der Waals surface area contributed by atoms with Gasteiger partial charge < -0.3 is 14.3 Å². The molecule has 17 heavy (non-hydrogen) atoms. The summed E-state index contributed by atoms with van der Waals surface area (Å²) in [4.78, 5) is 14.1. The summed E-state index contributed by atoms with van der Waals surface area (Å²) in [6.07, 6.45) is 0. The van der Waals surface area contributed by atoms with Crippen LogP contribution in [0.2, 0.25) is 0 Å². The zero-order valence-corrected chi connectivity index (χ0v) is 11.9. The van der Waals surface area contributed by atoms with Gasteiger partial charge in [-0.2, -0.15) is 0 Å². The Hall–Kier alpha value is -0.585. The first-order valence-corrected chi connectivity index (χ1v) is 6.26. The van der Waals surface area contributed by atoms with Crippen LogP contribution in [-0.4, -0.2) is 23.3 Å². The second-order valence-electron chi connectivity index (χ2n) is 5.21. The van der Waals surface area contributed by atoms with E-state index < -0.39 is 18.3 Å². The van der Waals surface area contributed by atoms with Crippen molar-refractivity contribution in [3.05, 3.63) is 27.0 Å². The van der Waals surface area contributed by atoms with Crippen LogP contribution in [0.4, 0.5) is 0 Å². The Labute approximate surface area is 109 Å². The number of aromatic amines is 1. The molecular weight excluding hydrogens is 285 g/mol. The van der Waals surface area contributed by atoms with Gasteiger partial charge in [-0.15, -0.1) is 0 Å². The van der Waals surface area contributed by atoms with Gasteiger partial charge >= 0.3 is 7.12 Å². The van der Waals surface area contributed by atoms with E-state index in [0.717, 1.165) is 0 Å². The van der Waals surface area contributed by atoms with E-state index in [1.807, 2.05) is 27.7 Å². The Kier molecular flexibility index (Phi) is 3.00. The van der Waals surface area contributed by atoms with E-state index in [-0.39, 0.29) is 5.56 Å². The Bertz CT molecular complexity index is 482. The molecule has 0 spiro atoms. The molecule has 2 heterocycles. The van der Waals surface area contributed by atoms with Gasteiger partial charge in [0.05, 0.1) is 11.2 Å². The first-order chi connectivity index (χ1) is 7.71. The summed E-state index contributed by atoms with van der Waals surface area (Å²) in [5, 5.41) is 0. The molecule has 0 amide bonds. The number of pyridine rings is 1. The summed E-state index contributed by atoms with van der Waals surface area (Å²) in [5.41, 5.74) is -0.361. The van der Waals surface area contributed by atoms with Crippen molar-refractivity contribution >= 4 is 28.6 Å². The van der Waals surface area contributed by atoms with E-state index in [0.29, 0.717) is 10.1 Å². The summed E-state index contributed by atoms with van der Waals surface area (Å²) < 4.78 is 12.4. The average Bonchev–Trinajstić information content (AvgIpc) is 2.34. The molecule has 0 aromatic carbocycles. The molecule has 1 fully saturated rings. The molecule has 92 valence electrons. The maximum Gasteiger partial charge on any atom is 0.512 e. The van der Waals surface area contributed by atoms with Gasteiger partial charge in [0.1, 0.15) is 0 Å². The van der Waals surface area contributed by atoms with Gasteiger partial charge in [0, 0.05) is 16.1 Å². The van der Waals surface area contributed by atoms with Crippen LogP contribution in [0, 0.1) is 0 Å². The van der Waals surface area contributed by atoms with Crippen LogP contribution < -0.4 is 11.2 Å². The number of halogens is 1. The number of hydrogen-bond donors (Lipinski definition) is 1. The molecule has 0 saturated carbocycles. The van der Waals surface area contributed by atoms with Gasteiger partial charge in [-0.1, -0.05) is 15.9 Å². The summed E-state index contributed by atoms with van der Waals surface area (Å²) in [6.45, 7) is 7.90. The smallest absolute Gasteiger partial charge is 0.398 e. The molecule has 0 radical (unpaired) electrons. The summed E-state index contributed by atoms with van der Waals surface area (Å²) in [5.74, 6) is 0. The van der Waals surface area contributed by atoms with Gasteiger partial charge in [0.15, 0.2) is 0 Å². The molecule has 1 saturated heterocycles. The molecule has 6 heteroatoms. The Morgan fingerprint density at radius 2 is 1.71 bits per heavy atom. The summed E-state index contributed by atoms with van der Waals surface area (Å²) >= 11 is 3.29. The fourth-order valence-corrected chi connectivity index (χ4v) is 2.08. The standard InChI is InChI=1S/C11H15BBrNO3/c1-10(2)11(3,4)17-12(16-10)8-5-7(13)6-9(15)14-8/h5-6H,1-4H3,(H,14,15). The molecule has 1 aromatic rings. The molecule has 4 nitrogen and oxygen atoms in total. The van der Waals surface area contributed by atoms with Crippen LogP contribution in [0.5, 0.6) is 0 Å². The van der Waals surface area contributed by atoms with Crippen LogP contribution in [0.1, 0.15) is 27.7 Å². The predicted molar refractivity (Wildman–Crippen MR) is 70.5 cm³/mol. The number of rotatable bonds is 1. The molecule has 0 unspecified atom stereocenters. The lowest BCUT2D eigenvalue weighted by Crippen LogP contribution is -2.41.